The maximum Gasteiger partial charge on any atom is 0.231 e. The van der Waals surface area contributed by atoms with Crippen LogP contribution in [0, 0.1) is 6.92 Å². The van der Waals surface area contributed by atoms with Gasteiger partial charge in [-0.25, -0.2) is 0 Å². The van der Waals surface area contributed by atoms with Crippen LogP contribution in [0.4, 0.5) is 0 Å². The van der Waals surface area contributed by atoms with Gasteiger partial charge in [0.25, 0.3) is 0 Å². The first-order chi connectivity index (χ1) is 8.43. The summed E-state index contributed by atoms with van der Waals surface area (Å²) >= 11 is 0. The van der Waals surface area contributed by atoms with Gasteiger partial charge in [-0.2, -0.15) is 0 Å². The van der Waals surface area contributed by atoms with Gasteiger partial charge in [-0.05, 0) is 37.5 Å². The largest absolute Gasteiger partial charge is 0.369 e. The maximum atomic E-state index is 11.1. The molecule has 4 heteroatoms. The highest BCUT2D eigenvalue weighted by molar-refractivity contribution is 5.75. The normalized spacial score (nSPS) is 11.2. The molecule has 0 aromatic heterocycles. The minimum atomic E-state index is -0.292. The molecule has 0 saturated carbocycles. The van der Waals surface area contributed by atoms with Gasteiger partial charge in [0.1, 0.15) is 0 Å². The molecule has 0 bridgehead atoms. The molecule has 1 amide bonds. The quantitative estimate of drug-likeness (QED) is 0.794. The van der Waals surface area contributed by atoms with E-state index in [2.05, 4.69) is 37.8 Å². The topological polar surface area (TPSA) is 72.3 Å². The van der Waals surface area contributed by atoms with E-state index >= 15 is 0 Å². The Bertz CT molecular complexity index is 416. The van der Waals surface area contributed by atoms with Gasteiger partial charge in [-0.3, -0.25) is 9.69 Å². The van der Waals surface area contributed by atoms with Gasteiger partial charge >= 0.3 is 0 Å². The van der Waals surface area contributed by atoms with Crippen LogP contribution in [0.25, 0.3) is 0 Å². The summed E-state index contributed by atoms with van der Waals surface area (Å²) < 4.78 is 0. The van der Waals surface area contributed by atoms with Crippen LogP contribution in [0.2, 0.25) is 0 Å². The minimum Gasteiger partial charge on any atom is -0.369 e. The summed E-state index contributed by atoms with van der Waals surface area (Å²) in [6.45, 7) is 7.76. The molecule has 1 aromatic rings. The van der Waals surface area contributed by atoms with Gasteiger partial charge in [-0.15, -0.1) is 0 Å². The van der Waals surface area contributed by atoms with Crippen LogP contribution in [0.5, 0.6) is 0 Å². The van der Waals surface area contributed by atoms with Gasteiger partial charge < -0.3 is 11.5 Å². The Kier molecular flexibility index (Phi) is 5.31. The first-order valence-corrected chi connectivity index (χ1v) is 6.25. The molecule has 0 radical (unpaired) electrons. The molecule has 0 atom stereocenters. The monoisotopic (exact) mass is 249 g/mol. The van der Waals surface area contributed by atoms with Crippen LogP contribution in [0.3, 0.4) is 0 Å². The van der Waals surface area contributed by atoms with E-state index < -0.39 is 0 Å². The Hall–Kier alpha value is -1.39. The summed E-state index contributed by atoms with van der Waals surface area (Å²) in [6, 6.07) is 6.49. The number of carbonyl (C=O) groups excluding carboxylic acids is 1. The second-order valence-corrected chi connectivity index (χ2v) is 4.93. The van der Waals surface area contributed by atoms with Crippen LogP contribution in [0.15, 0.2) is 18.2 Å². The van der Waals surface area contributed by atoms with Crippen molar-refractivity contribution in [3.05, 3.63) is 34.9 Å². The second kappa shape index (κ2) is 6.52. The predicted molar refractivity (Wildman–Crippen MR) is 73.8 cm³/mol. The van der Waals surface area contributed by atoms with Crippen molar-refractivity contribution in [2.75, 3.05) is 6.54 Å². The van der Waals surface area contributed by atoms with E-state index in [1.807, 2.05) is 6.07 Å². The summed E-state index contributed by atoms with van der Waals surface area (Å²) in [6.07, 6.45) is 0. The molecule has 4 N–H and O–H groups in total. The fourth-order valence-corrected chi connectivity index (χ4v) is 1.90. The Balaban J connectivity index is 2.83. The maximum absolute atomic E-state index is 11.1. The Morgan fingerprint density at radius 1 is 1.39 bits per heavy atom. The molecular weight excluding hydrogens is 226 g/mol. The molecule has 1 rings (SSSR count). The van der Waals surface area contributed by atoms with Crippen molar-refractivity contribution >= 4 is 5.91 Å². The van der Waals surface area contributed by atoms with Crippen LogP contribution >= 0.6 is 0 Å². The smallest absolute Gasteiger partial charge is 0.231 e. The lowest BCUT2D eigenvalue weighted by Crippen LogP contribution is -2.38. The van der Waals surface area contributed by atoms with Crippen molar-refractivity contribution in [3.8, 4) is 0 Å². The number of nitrogens with zero attached hydrogens (tertiary/aromatic N) is 1. The number of benzene rings is 1. The third-order valence-corrected chi connectivity index (χ3v) is 3.11. The summed E-state index contributed by atoms with van der Waals surface area (Å²) in [5.74, 6) is -0.292. The average molecular weight is 249 g/mol. The van der Waals surface area contributed by atoms with E-state index in [1.54, 1.807) is 0 Å². The van der Waals surface area contributed by atoms with E-state index in [0.29, 0.717) is 6.54 Å². The van der Waals surface area contributed by atoms with Crippen LogP contribution in [-0.4, -0.2) is 23.4 Å². The Morgan fingerprint density at radius 3 is 2.50 bits per heavy atom. The molecule has 0 unspecified atom stereocenters. The lowest BCUT2D eigenvalue weighted by Gasteiger charge is -2.25. The fourth-order valence-electron chi connectivity index (χ4n) is 1.90. The van der Waals surface area contributed by atoms with E-state index in [9.17, 15) is 4.79 Å². The Labute approximate surface area is 109 Å². The van der Waals surface area contributed by atoms with E-state index in [0.717, 1.165) is 12.1 Å². The van der Waals surface area contributed by atoms with Crippen LogP contribution < -0.4 is 11.5 Å². The molecule has 0 aliphatic rings. The summed E-state index contributed by atoms with van der Waals surface area (Å²) in [7, 11) is 0. The van der Waals surface area contributed by atoms with Gasteiger partial charge in [0, 0.05) is 19.1 Å². The Morgan fingerprint density at radius 2 is 2.06 bits per heavy atom. The summed E-state index contributed by atoms with van der Waals surface area (Å²) in [5, 5.41) is 0. The van der Waals surface area contributed by atoms with Gasteiger partial charge in [-0.1, -0.05) is 18.2 Å². The molecule has 4 nitrogen and oxygen atoms in total. The van der Waals surface area contributed by atoms with Crippen molar-refractivity contribution in [2.45, 2.75) is 39.9 Å². The number of nitrogens with two attached hydrogens (primary N) is 2. The highest BCUT2D eigenvalue weighted by Gasteiger charge is 2.13. The number of aryl methyl sites for hydroxylation is 1. The molecule has 0 spiro atoms. The van der Waals surface area contributed by atoms with Crippen molar-refractivity contribution < 1.29 is 4.79 Å². The molecule has 100 valence electrons. The van der Waals surface area contributed by atoms with E-state index in [4.69, 9.17) is 11.5 Å². The van der Waals surface area contributed by atoms with Crippen molar-refractivity contribution in [2.24, 2.45) is 11.5 Å². The second-order valence-electron chi connectivity index (χ2n) is 4.93. The highest BCUT2D eigenvalue weighted by Crippen LogP contribution is 2.14. The summed E-state index contributed by atoms with van der Waals surface area (Å²) in [4.78, 5) is 13.1. The molecular formula is C14H23N3O. The van der Waals surface area contributed by atoms with Crippen LogP contribution in [0.1, 0.15) is 30.5 Å². The molecule has 0 saturated heterocycles. The lowest BCUT2D eigenvalue weighted by molar-refractivity contribution is -0.119. The molecule has 0 aliphatic carbocycles. The number of carbonyl (C=O) groups is 1. The fraction of sp³-hybridized carbons (Fsp3) is 0.500. The zero-order valence-electron chi connectivity index (χ0n) is 11.4. The molecule has 0 heterocycles. The van der Waals surface area contributed by atoms with E-state index in [1.165, 1.54) is 11.1 Å². The van der Waals surface area contributed by atoms with Gasteiger partial charge in [0.15, 0.2) is 0 Å². The average Bonchev–Trinajstić information content (AvgIpc) is 2.29. The molecule has 0 aliphatic heterocycles. The van der Waals surface area contributed by atoms with Crippen molar-refractivity contribution in [1.82, 2.24) is 4.90 Å². The predicted octanol–water partition coefficient (Wildman–Crippen LogP) is 1.15. The summed E-state index contributed by atoms with van der Waals surface area (Å²) in [5.41, 5.74) is 14.4. The molecule has 0 fully saturated rings. The number of primary amides is 1. The number of amides is 1. The number of rotatable bonds is 6. The minimum absolute atomic E-state index is 0.283. The number of hydrogen-bond donors (Lipinski definition) is 2. The van der Waals surface area contributed by atoms with Gasteiger partial charge in [0.05, 0.1) is 6.54 Å². The highest BCUT2D eigenvalue weighted by atomic mass is 16.1. The van der Waals surface area contributed by atoms with Crippen molar-refractivity contribution in [1.29, 1.82) is 0 Å². The first kappa shape index (κ1) is 14.7. The van der Waals surface area contributed by atoms with Crippen molar-refractivity contribution in [3.63, 3.8) is 0 Å². The molecule has 18 heavy (non-hydrogen) atoms. The van der Waals surface area contributed by atoms with E-state index in [-0.39, 0.29) is 18.5 Å². The third-order valence-electron chi connectivity index (χ3n) is 3.11. The zero-order valence-corrected chi connectivity index (χ0v) is 11.4. The van der Waals surface area contributed by atoms with Crippen LogP contribution in [-0.2, 0) is 17.9 Å². The standard InChI is InChI=1S/C14H23N3O/c1-10(2)17(9-14(16)18)8-13-5-4-12(7-15)6-11(13)3/h4-6,10H,7-9,15H2,1-3H3,(H2,16,18). The first-order valence-electron chi connectivity index (χ1n) is 6.25. The zero-order chi connectivity index (χ0) is 13.7. The molecule has 1 aromatic carbocycles. The SMILES string of the molecule is Cc1cc(CN)ccc1CN(CC(N)=O)C(C)C. The van der Waals surface area contributed by atoms with Gasteiger partial charge in [0.2, 0.25) is 5.91 Å². The number of hydrogen-bond acceptors (Lipinski definition) is 3. The lowest BCUT2D eigenvalue weighted by atomic mass is 10.0. The third kappa shape index (κ3) is 4.13.